The summed E-state index contributed by atoms with van der Waals surface area (Å²) < 4.78 is 7.04. The smallest absolute Gasteiger partial charge is 0.353 e. The number of carbonyl (C=O) groups excluding carboxylic acids is 2. The molecule has 1 atom stereocenters. The van der Waals surface area contributed by atoms with Gasteiger partial charge in [-0.05, 0) is 25.0 Å². The number of fused-ring (bicyclic) bond motifs is 3. The molecule has 3 N–H and O–H groups in total. The molecule has 0 amide bonds. The van der Waals surface area contributed by atoms with Gasteiger partial charge in [-0.3, -0.25) is 9.59 Å². The number of carboxylic acid groups (broad SMARTS) is 1. The Bertz CT molecular complexity index is 1160. The SMILES string of the molecule is Cc1nn2c(Cc3ccccc3)c(C)c(N)c2c2c1C(=O)C(=O)C(C(=O)O)O2. The van der Waals surface area contributed by atoms with E-state index in [4.69, 9.17) is 10.5 Å². The molecule has 1 aromatic carbocycles. The monoisotopic (exact) mass is 379 g/mol. The molecule has 0 radical (unpaired) electrons. The fourth-order valence-corrected chi connectivity index (χ4v) is 3.51. The Morgan fingerprint density at radius 2 is 1.93 bits per heavy atom. The van der Waals surface area contributed by atoms with Gasteiger partial charge >= 0.3 is 5.97 Å². The predicted molar refractivity (Wildman–Crippen MR) is 99.7 cm³/mol. The van der Waals surface area contributed by atoms with Gasteiger partial charge in [0, 0.05) is 6.42 Å². The molecule has 3 heterocycles. The fraction of sp³-hybridized carbons (Fsp3) is 0.200. The van der Waals surface area contributed by atoms with Gasteiger partial charge in [-0.15, -0.1) is 0 Å². The standard InChI is InChI=1S/C20H17N3O5/c1-9-12(8-11-6-4-3-5-7-11)23-15(14(9)21)18-13(10(2)22-23)16(24)17(25)19(28-18)20(26)27/h3-7,19H,8,21H2,1-2H3,(H,26,27). The summed E-state index contributed by atoms with van der Waals surface area (Å²) >= 11 is 0. The lowest BCUT2D eigenvalue weighted by atomic mass is 9.98. The minimum atomic E-state index is -1.89. The lowest BCUT2D eigenvalue weighted by Crippen LogP contribution is -2.44. The largest absolute Gasteiger partial charge is 0.478 e. The van der Waals surface area contributed by atoms with Crippen LogP contribution < -0.4 is 10.5 Å². The summed E-state index contributed by atoms with van der Waals surface area (Å²) in [5, 5.41) is 13.7. The van der Waals surface area contributed by atoms with Gasteiger partial charge in [0.05, 0.1) is 22.6 Å². The molecule has 0 bridgehead atoms. The fourth-order valence-electron chi connectivity index (χ4n) is 3.51. The second-order valence-corrected chi connectivity index (χ2v) is 6.73. The first-order chi connectivity index (χ1) is 13.3. The van der Waals surface area contributed by atoms with Crippen LogP contribution in [0, 0.1) is 13.8 Å². The van der Waals surface area contributed by atoms with Crippen LogP contribution in [0.4, 0.5) is 5.69 Å². The summed E-state index contributed by atoms with van der Waals surface area (Å²) in [6.45, 7) is 3.40. The van der Waals surface area contributed by atoms with Crippen molar-refractivity contribution in [3.63, 3.8) is 0 Å². The number of Topliss-reactive ketones (excluding diaryl/α,β-unsaturated/α-hetero) is 2. The molecule has 1 aliphatic rings. The Balaban J connectivity index is 1.98. The predicted octanol–water partition coefficient (Wildman–Crippen LogP) is 1.72. The molecule has 8 heteroatoms. The van der Waals surface area contributed by atoms with E-state index in [0.717, 1.165) is 16.8 Å². The number of carboxylic acids is 1. The minimum Gasteiger partial charge on any atom is -0.478 e. The summed E-state index contributed by atoms with van der Waals surface area (Å²) in [5.41, 5.74) is 9.74. The van der Waals surface area contributed by atoms with Crippen molar-refractivity contribution in [3.8, 4) is 5.75 Å². The minimum absolute atomic E-state index is 0.00980. The maximum absolute atomic E-state index is 12.5. The number of benzene rings is 1. The number of hydrogen-bond acceptors (Lipinski definition) is 6. The molecule has 0 spiro atoms. The van der Waals surface area contributed by atoms with Gasteiger partial charge in [-0.1, -0.05) is 30.3 Å². The van der Waals surface area contributed by atoms with Gasteiger partial charge in [0.1, 0.15) is 5.52 Å². The van der Waals surface area contributed by atoms with Crippen LogP contribution in [-0.2, 0) is 16.0 Å². The van der Waals surface area contributed by atoms with Crippen LogP contribution in [0.25, 0.3) is 5.52 Å². The number of aryl methyl sites for hydroxylation is 1. The second kappa shape index (κ2) is 6.19. The van der Waals surface area contributed by atoms with Crippen LogP contribution >= 0.6 is 0 Å². The third-order valence-electron chi connectivity index (χ3n) is 4.98. The van der Waals surface area contributed by atoms with Crippen molar-refractivity contribution in [2.75, 3.05) is 5.73 Å². The van der Waals surface area contributed by atoms with Crippen molar-refractivity contribution in [1.82, 2.24) is 9.61 Å². The zero-order valence-electron chi connectivity index (χ0n) is 15.2. The highest BCUT2D eigenvalue weighted by atomic mass is 16.5. The first-order valence-electron chi connectivity index (χ1n) is 8.63. The lowest BCUT2D eigenvalue weighted by molar-refractivity contribution is -0.149. The van der Waals surface area contributed by atoms with Crippen molar-refractivity contribution in [2.24, 2.45) is 0 Å². The van der Waals surface area contributed by atoms with E-state index in [1.165, 1.54) is 0 Å². The summed E-state index contributed by atoms with van der Waals surface area (Å²) in [6, 6.07) is 9.71. The van der Waals surface area contributed by atoms with Crippen LogP contribution in [0.5, 0.6) is 5.75 Å². The highest BCUT2D eigenvalue weighted by molar-refractivity contribution is 6.49. The molecular weight excluding hydrogens is 362 g/mol. The van der Waals surface area contributed by atoms with E-state index < -0.39 is 23.6 Å². The van der Waals surface area contributed by atoms with Gasteiger partial charge in [0.15, 0.2) is 5.75 Å². The number of aliphatic carboxylic acids is 1. The number of nitrogens with two attached hydrogens (primary N) is 1. The average Bonchev–Trinajstić information content (AvgIpc) is 2.89. The molecule has 0 saturated carbocycles. The normalized spacial score (nSPS) is 16.1. The zero-order chi connectivity index (χ0) is 20.2. The summed E-state index contributed by atoms with van der Waals surface area (Å²) in [6.07, 6.45) is -1.36. The zero-order valence-corrected chi connectivity index (χ0v) is 15.2. The average molecular weight is 379 g/mol. The Morgan fingerprint density at radius 1 is 1.25 bits per heavy atom. The highest BCUT2D eigenvalue weighted by Crippen LogP contribution is 2.39. The van der Waals surface area contributed by atoms with E-state index in [1.807, 2.05) is 37.3 Å². The Hall–Kier alpha value is -3.68. The van der Waals surface area contributed by atoms with Gasteiger partial charge in [-0.25, -0.2) is 9.31 Å². The second-order valence-electron chi connectivity index (χ2n) is 6.73. The van der Waals surface area contributed by atoms with Crippen LogP contribution in [0.2, 0.25) is 0 Å². The molecule has 142 valence electrons. The Kier molecular flexibility index (Phi) is 3.92. The van der Waals surface area contributed by atoms with Crippen molar-refractivity contribution in [2.45, 2.75) is 26.4 Å². The molecule has 3 aromatic rings. The number of hydrogen-bond donors (Lipinski definition) is 2. The number of ether oxygens (including phenoxy) is 1. The third kappa shape index (κ3) is 2.45. The van der Waals surface area contributed by atoms with Gasteiger partial charge in [0.25, 0.3) is 11.9 Å². The number of rotatable bonds is 3. The Labute approximate surface area is 159 Å². The molecule has 4 rings (SSSR count). The molecule has 1 unspecified atom stereocenters. The quantitative estimate of drug-likeness (QED) is 0.524. The molecule has 8 nitrogen and oxygen atoms in total. The third-order valence-corrected chi connectivity index (χ3v) is 4.98. The number of anilines is 1. The van der Waals surface area contributed by atoms with Crippen molar-refractivity contribution >= 4 is 28.7 Å². The molecule has 1 aliphatic heterocycles. The van der Waals surface area contributed by atoms with Gasteiger partial charge in [-0.2, -0.15) is 5.10 Å². The van der Waals surface area contributed by atoms with E-state index in [9.17, 15) is 19.5 Å². The first-order valence-corrected chi connectivity index (χ1v) is 8.63. The Morgan fingerprint density at radius 3 is 2.57 bits per heavy atom. The molecular formula is C20H17N3O5. The first kappa shape index (κ1) is 17.7. The molecule has 2 aromatic heterocycles. The van der Waals surface area contributed by atoms with Crippen LogP contribution in [-0.4, -0.2) is 38.4 Å². The van der Waals surface area contributed by atoms with Crippen molar-refractivity contribution in [3.05, 3.63) is 58.4 Å². The topological polar surface area (TPSA) is 124 Å². The number of aromatic nitrogens is 2. The number of ketones is 2. The number of nitrogen functional groups attached to an aromatic ring is 1. The molecule has 0 aliphatic carbocycles. The van der Waals surface area contributed by atoms with Gasteiger partial charge < -0.3 is 15.6 Å². The molecule has 0 saturated heterocycles. The summed E-state index contributed by atoms with van der Waals surface area (Å²) in [4.78, 5) is 36.0. The van der Waals surface area contributed by atoms with E-state index in [1.54, 1.807) is 11.4 Å². The highest BCUT2D eigenvalue weighted by Gasteiger charge is 2.43. The number of nitrogens with zero attached hydrogens (tertiary/aromatic N) is 2. The van der Waals surface area contributed by atoms with E-state index >= 15 is 0 Å². The van der Waals surface area contributed by atoms with E-state index in [0.29, 0.717) is 17.6 Å². The van der Waals surface area contributed by atoms with Crippen molar-refractivity contribution < 1.29 is 24.2 Å². The molecule has 0 fully saturated rings. The van der Waals surface area contributed by atoms with Crippen LogP contribution in [0.3, 0.4) is 0 Å². The van der Waals surface area contributed by atoms with Crippen molar-refractivity contribution in [1.29, 1.82) is 0 Å². The lowest BCUT2D eigenvalue weighted by Gasteiger charge is -2.23. The van der Waals surface area contributed by atoms with Crippen LogP contribution in [0.15, 0.2) is 30.3 Å². The maximum atomic E-state index is 12.5. The number of carbonyl (C=O) groups is 3. The summed E-state index contributed by atoms with van der Waals surface area (Å²) in [5.74, 6) is -3.59. The molecule has 28 heavy (non-hydrogen) atoms. The van der Waals surface area contributed by atoms with Crippen LogP contribution in [0.1, 0.15) is 32.9 Å². The van der Waals surface area contributed by atoms with E-state index in [2.05, 4.69) is 5.10 Å². The maximum Gasteiger partial charge on any atom is 0.353 e. The van der Waals surface area contributed by atoms with E-state index in [-0.39, 0.29) is 17.0 Å². The van der Waals surface area contributed by atoms with Gasteiger partial charge in [0.2, 0.25) is 5.78 Å². The summed E-state index contributed by atoms with van der Waals surface area (Å²) in [7, 11) is 0.